The molecule has 0 aliphatic carbocycles. The number of likely N-dealkylation sites (N-methyl/N-ethyl adjacent to an activating group) is 2. The van der Waals surface area contributed by atoms with Crippen molar-refractivity contribution >= 4 is 29.5 Å². The van der Waals surface area contributed by atoms with Crippen molar-refractivity contribution in [3.05, 3.63) is 42.2 Å². The van der Waals surface area contributed by atoms with Crippen molar-refractivity contribution in [1.82, 2.24) is 20.7 Å². The van der Waals surface area contributed by atoms with Crippen LogP contribution < -0.4 is 16.4 Å². The fourth-order valence-electron chi connectivity index (χ4n) is 2.91. The van der Waals surface area contributed by atoms with Gasteiger partial charge in [0.15, 0.2) is 6.29 Å². The summed E-state index contributed by atoms with van der Waals surface area (Å²) in [6, 6.07) is 8.71. The third-order valence-electron chi connectivity index (χ3n) is 4.69. The summed E-state index contributed by atoms with van der Waals surface area (Å²) >= 11 is 0. The lowest BCUT2D eigenvalue weighted by Gasteiger charge is -2.34. The van der Waals surface area contributed by atoms with E-state index < -0.39 is 12.7 Å². The van der Waals surface area contributed by atoms with Gasteiger partial charge in [0.05, 0.1) is 31.3 Å². The molecule has 0 aromatic heterocycles. The molecule has 4 N–H and O–H groups in total. The molecule has 0 unspecified atom stereocenters. The minimum atomic E-state index is -4.29. The number of nitriles is 1. The number of amidine groups is 1. The molecule has 1 rings (SSSR count). The van der Waals surface area contributed by atoms with Crippen LogP contribution in [0.1, 0.15) is 30.6 Å². The summed E-state index contributed by atoms with van der Waals surface area (Å²) in [7, 11) is 1.72. The normalized spacial score (nSPS) is 12.9. The monoisotopic (exact) mass is 507 g/mol. The molecular weight excluding hydrogens is 475 g/mol. The number of nitrogens with zero attached hydrogens (tertiary/aromatic N) is 6. The van der Waals surface area contributed by atoms with Crippen LogP contribution in [0.4, 0.5) is 18.9 Å². The Morgan fingerprint density at radius 3 is 2.61 bits per heavy atom. The van der Waals surface area contributed by atoms with E-state index in [4.69, 9.17) is 11.0 Å². The maximum atomic E-state index is 12.4. The zero-order chi connectivity index (χ0) is 27.1. The van der Waals surface area contributed by atoms with E-state index in [-0.39, 0.29) is 37.8 Å². The van der Waals surface area contributed by atoms with Crippen molar-refractivity contribution in [1.29, 1.82) is 5.26 Å². The second-order valence-electron chi connectivity index (χ2n) is 7.52. The number of hydrazine groups is 1. The standard InChI is InChI=1S/C23H32F3N9O/c1-5-35(13-12-29-16-23(24,25)26)34(4)21(33-20-9-7-6-8-19(20)15-36)14-30-18(3)32-22(28)31-17(2)10-11-27/h6-9,15,29-30H,3,5,10,12-14,16H2,1-2,4H3,(H2,28,32). The largest absolute Gasteiger partial charge is 0.401 e. The maximum Gasteiger partial charge on any atom is 0.401 e. The SMILES string of the molecule is C=C(N=C(N)N=C(C)CC#N)NCC(=Nc1ccccc1C=O)N(C)N(CC)CCNCC(F)(F)F. The zero-order valence-electron chi connectivity index (χ0n) is 20.6. The van der Waals surface area contributed by atoms with E-state index in [0.29, 0.717) is 35.6 Å². The fraction of sp³-hybridized carbons (Fsp3) is 0.435. The summed E-state index contributed by atoms with van der Waals surface area (Å²) in [5, 5.41) is 17.6. The van der Waals surface area contributed by atoms with E-state index in [9.17, 15) is 18.0 Å². The first-order valence-electron chi connectivity index (χ1n) is 11.1. The third-order valence-corrected chi connectivity index (χ3v) is 4.69. The number of para-hydroxylation sites is 1. The predicted molar refractivity (Wildman–Crippen MR) is 135 cm³/mol. The molecule has 0 saturated carbocycles. The number of halogens is 3. The lowest BCUT2D eigenvalue weighted by molar-refractivity contribution is -0.125. The molecule has 0 aliphatic heterocycles. The Labute approximate surface area is 209 Å². The Bertz CT molecular complexity index is 1010. The lowest BCUT2D eigenvalue weighted by atomic mass is 10.2. The number of alkyl halides is 3. The Morgan fingerprint density at radius 2 is 2.00 bits per heavy atom. The van der Waals surface area contributed by atoms with Gasteiger partial charge >= 0.3 is 6.18 Å². The van der Waals surface area contributed by atoms with Gasteiger partial charge in [-0.2, -0.15) is 23.4 Å². The van der Waals surface area contributed by atoms with Crippen LogP contribution in [0.15, 0.2) is 51.6 Å². The Hall–Kier alpha value is -3.76. The molecule has 0 amide bonds. The molecule has 196 valence electrons. The second-order valence-corrected chi connectivity index (χ2v) is 7.52. The number of aliphatic imine (C=N–C) groups is 3. The smallest absolute Gasteiger partial charge is 0.368 e. The summed E-state index contributed by atoms with van der Waals surface area (Å²) in [5.74, 6) is 0.547. The zero-order valence-corrected chi connectivity index (χ0v) is 20.6. The number of benzene rings is 1. The molecule has 1 aromatic carbocycles. The Kier molecular flexibility index (Phi) is 12.8. The van der Waals surface area contributed by atoms with Crippen molar-refractivity contribution < 1.29 is 18.0 Å². The number of guanidine groups is 1. The first kappa shape index (κ1) is 30.3. The summed E-state index contributed by atoms with van der Waals surface area (Å²) in [4.78, 5) is 24.1. The number of carbonyl (C=O) groups is 1. The van der Waals surface area contributed by atoms with Crippen LogP contribution >= 0.6 is 0 Å². The van der Waals surface area contributed by atoms with Gasteiger partial charge in [0.1, 0.15) is 11.7 Å². The molecule has 10 nitrogen and oxygen atoms in total. The van der Waals surface area contributed by atoms with Gasteiger partial charge in [0.25, 0.3) is 0 Å². The molecule has 13 heteroatoms. The van der Waals surface area contributed by atoms with Gasteiger partial charge in [-0.3, -0.25) is 9.80 Å². The van der Waals surface area contributed by atoms with Crippen LogP contribution in [0.25, 0.3) is 0 Å². The Morgan fingerprint density at radius 1 is 1.31 bits per heavy atom. The molecule has 0 spiro atoms. The summed E-state index contributed by atoms with van der Waals surface area (Å²) in [6.45, 7) is 7.17. The number of rotatable bonds is 13. The molecule has 36 heavy (non-hydrogen) atoms. The summed E-state index contributed by atoms with van der Waals surface area (Å²) < 4.78 is 37.3. The summed E-state index contributed by atoms with van der Waals surface area (Å²) in [5.41, 5.74) is 7.08. The molecule has 0 radical (unpaired) electrons. The van der Waals surface area contributed by atoms with Crippen molar-refractivity contribution in [3.8, 4) is 6.07 Å². The molecule has 0 fully saturated rings. The van der Waals surface area contributed by atoms with Gasteiger partial charge in [-0.15, -0.1) is 0 Å². The van der Waals surface area contributed by atoms with Crippen molar-refractivity contribution in [2.24, 2.45) is 20.7 Å². The lowest BCUT2D eigenvalue weighted by Crippen LogP contribution is -2.49. The number of carbonyl (C=O) groups excluding carboxylic acids is 1. The van der Waals surface area contributed by atoms with E-state index in [1.807, 2.05) is 13.0 Å². The topological polar surface area (TPSA) is 134 Å². The van der Waals surface area contributed by atoms with E-state index in [2.05, 4.69) is 32.2 Å². The highest BCUT2D eigenvalue weighted by Gasteiger charge is 2.26. The predicted octanol–water partition coefficient (Wildman–Crippen LogP) is 2.60. The minimum Gasteiger partial charge on any atom is -0.368 e. The van der Waals surface area contributed by atoms with Crippen LogP contribution in [0.5, 0.6) is 0 Å². The number of nitrogens with one attached hydrogen (secondary N) is 2. The molecular formula is C23H32F3N9O. The van der Waals surface area contributed by atoms with E-state index in [0.717, 1.165) is 0 Å². The highest BCUT2D eigenvalue weighted by atomic mass is 19.4. The number of aldehydes is 1. The van der Waals surface area contributed by atoms with Crippen molar-refractivity contribution in [3.63, 3.8) is 0 Å². The van der Waals surface area contributed by atoms with Gasteiger partial charge in [-0.05, 0) is 19.1 Å². The van der Waals surface area contributed by atoms with E-state index in [1.165, 1.54) is 0 Å². The van der Waals surface area contributed by atoms with Crippen LogP contribution in [0.2, 0.25) is 0 Å². The third kappa shape index (κ3) is 11.6. The first-order chi connectivity index (χ1) is 17.0. The minimum absolute atomic E-state index is 0.0793. The second kappa shape index (κ2) is 15.3. The Balaban J connectivity index is 3.09. The molecule has 0 heterocycles. The van der Waals surface area contributed by atoms with Gasteiger partial charge in [-0.1, -0.05) is 25.6 Å². The maximum absolute atomic E-state index is 12.4. The molecule has 1 aromatic rings. The summed E-state index contributed by atoms with van der Waals surface area (Å²) in [6.07, 6.45) is -3.50. The highest BCUT2D eigenvalue weighted by Crippen LogP contribution is 2.18. The van der Waals surface area contributed by atoms with Gasteiger partial charge in [0.2, 0.25) is 5.96 Å². The first-order valence-corrected chi connectivity index (χ1v) is 11.1. The molecule has 0 atom stereocenters. The van der Waals surface area contributed by atoms with Crippen LogP contribution in [-0.4, -0.2) is 79.8 Å². The number of hydrogen-bond donors (Lipinski definition) is 3. The molecule has 0 aliphatic rings. The van der Waals surface area contributed by atoms with Gasteiger partial charge in [0, 0.05) is 38.0 Å². The molecule has 0 bridgehead atoms. The molecule has 0 saturated heterocycles. The van der Waals surface area contributed by atoms with Crippen LogP contribution in [0, 0.1) is 11.3 Å². The van der Waals surface area contributed by atoms with E-state index in [1.54, 1.807) is 48.3 Å². The van der Waals surface area contributed by atoms with Gasteiger partial charge in [-0.25, -0.2) is 15.0 Å². The van der Waals surface area contributed by atoms with Crippen LogP contribution in [-0.2, 0) is 0 Å². The highest BCUT2D eigenvalue weighted by molar-refractivity contribution is 5.96. The quantitative estimate of drug-likeness (QED) is 0.123. The van der Waals surface area contributed by atoms with Crippen LogP contribution in [0.3, 0.4) is 0 Å². The average molecular weight is 508 g/mol. The number of hydrogen-bond acceptors (Lipinski definition) is 7. The van der Waals surface area contributed by atoms with Gasteiger partial charge < -0.3 is 16.4 Å². The van der Waals surface area contributed by atoms with E-state index >= 15 is 0 Å². The fourth-order valence-corrected chi connectivity index (χ4v) is 2.91. The number of nitrogens with two attached hydrogens (primary N) is 1. The van der Waals surface area contributed by atoms with Crippen molar-refractivity contribution in [2.45, 2.75) is 26.4 Å². The van der Waals surface area contributed by atoms with Crippen molar-refractivity contribution in [2.75, 3.05) is 39.8 Å². The average Bonchev–Trinajstić information content (AvgIpc) is 2.81.